The van der Waals surface area contributed by atoms with Crippen LogP contribution >= 0.6 is 11.6 Å². The zero-order valence-corrected chi connectivity index (χ0v) is 16.4. The zero-order valence-electron chi connectivity index (χ0n) is 15.7. The third-order valence-electron chi connectivity index (χ3n) is 3.94. The average molecular weight is 385 g/mol. The van der Waals surface area contributed by atoms with E-state index in [-0.39, 0.29) is 22.1 Å². The molecular weight excluding hydrogens is 364 g/mol. The molecule has 2 rings (SSSR count). The second kappa shape index (κ2) is 8.61. The molecule has 0 spiro atoms. The van der Waals surface area contributed by atoms with Crippen molar-refractivity contribution in [2.24, 2.45) is 0 Å². The largest absolute Gasteiger partial charge is 0.503 e. The molecule has 0 aromatic heterocycles. The van der Waals surface area contributed by atoms with E-state index in [0.29, 0.717) is 17.9 Å². The number of benzene rings is 2. The first-order valence-corrected chi connectivity index (χ1v) is 8.80. The minimum absolute atomic E-state index is 0.0788. The number of aromatic hydroxyl groups is 1. The van der Waals surface area contributed by atoms with Gasteiger partial charge in [0, 0.05) is 5.69 Å². The summed E-state index contributed by atoms with van der Waals surface area (Å²) in [6.45, 7) is 7.90. The van der Waals surface area contributed by atoms with Crippen molar-refractivity contribution in [1.82, 2.24) is 0 Å². The quantitative estimate of drug-likeness (QED) is 0.566. The van der Waals surface area contributed by atoms with E-state index in [9.17, 15) is 15.2 Å². The number of carbonyl (C=O) groups is 1. The van der Waals surface area contributed by atoms with Gasteiger partial charge in [-0.05, 0) is 62.6 Å². The van der Waals surface area contributed by atoms with Crippen LogP contribution in [0.4, 0.5) is 5.69 Å². The Morgan fingerprint density at radius 3 is 2.44 bits per heavy atom. The van der Waals surface area contributed by atoms with Crippen LogP contribution in [0, 0.1) is 32.1 Å². The van der Waals surface area contributed by atoms with Crippen LogP contribution in [0.2, 0.25) is 5.02 Å². The molecule has 140 valence electrons. The summed E-state index contributed by atoms with van der Waals surface area (Å²) >= 11 is 6.00. The predicted molar refractivity (Wildman–Crippen MR) is 107 cm³/mol. The molecule has 0 aliphatic carbocycles. The van der Waals surface area contributed by atoms with E-state index in [4.69, 9.17) is 16.3 Å². The number of halogens is 1. The molecule has 2 aromatic rings. The van der Waals surface area contributed by atoms with Crippen molar-refractivity contribution < 1.29 is 14.6 Å². The van der Waals surface area contributed by atoms with E-state index >= 15 is 0 Å². The molecule has 0 fully saturated rings. The Bertz CT molecular complexity index is 936. The van der Waals surface area contributed by atoms with Crippen LogP contribution in [0.1, 0.15) is 29.2 Å². The summed E-state index contributed by atoms with van der Waals surface area (Å²) in [5.41, 5.74) is 4.02. The number of hydrogen-bond acceptors (Lipinski definition) is 4. The van der Waals surface area contributed by atoms with Crippen LogP contribution < -0.4 is 10.1 Å². The number of rotatable bonds is 5. The maximum Gasteiger partial charge on any atom is 0.266 e. The van der Waals surface area contributed by atoms with Crippen molar-refractivity contribution >= 4 is 29.3 Å². The van der Waals surface area contributed by atoms with Crippen molar-refractivity contribution in [3.8, 4) is 17.6 Å². The van der Waals surface area contributed by atoms with Crippen LogP contribution in [0.25, 0.3) is 6.08 Å². The Labute approximate surface area is 163 Å². The van der Waals surface area contributed by atoms with Crippen LogP contribution in [-0.4, -0.2) is 17.6 Å². The molecule has 5 nitrogen and oxygen atoms in total. The molecule has 0 unspecified atom stereocenters. The Balaban J connectivity index is 2.37. The second-order valence-corrected chi connectivity index (χ2v) is 6.59. The minimum Gasteiger partial charge on any atom is -0.503 e. The van der Waals surface area contributed by atoms with E-state index in [1.165, 1.54) is 18.2 Å². The van der Waals surface area contributed by atoms with Gasteiger partial charge in [0.1, 0.15) is 11.6 Å². The van der Waals surface area contributed by atoms with E-state index in [2.05, 4.69) is 5.32 Å². The van der Waals surface area contributed by atoms with Gasteiger partial charge in [-0.2, -0.15) is 5.26 Å². The van der Waals surface area contributed by atoms with Crippen LogP contribution in [-0.2, 0) is 4.79 Å². The standard InChI is InChI=1S/C21H21ClN2O3/c1-5-27-18-10-15(9-17(22)20(18)25)8-16(11-23)21(26)24-19-13(3)6-12(2)7-14(19)4/h6-10,25H,5H2,1-4H3,(H,24,26)/b16-8+. The zero-order chi connectivity index (χ0) is 20.1. The molecule has 2 N–H and O–H groups in total. The fourth-order valence-corrected chi connectivity index (χ4v) is 3.04. The Hall–Kier alpha value is -2.97. The molecule has 1 amide bonds. The third kappa shape index (κ3) is 4.81. The number of phenols is 1. The summed E-state index contributed by atoms with van der Waals surface area (Å²) in [5.74, 6) is -0.501. The minimum atomic E-state index is -0.519. The van der Waals surface area contributed by atoms with E-state index in [1.807, 2.05) is 39.0 Å². The van der Waals surface area contributed by atoms with Gasteiger partial charge in [-0.15, -0.1) is 0 Å². The summed E-state index contributed by atoms with van der Waals surface area (Å²) in [6, 6.07) is 8.83. The van der Waals surface area contributed by atoms with Crippen LogP contribution in [0.15, 0.2) is 29.8 Å². The molecule has 0 saturated heterocycles. The summed E-state index contributed by atoms with van der Waals surface area (Å²) in [6.07, 6.45) is 1.40. The maximum atomic E-state index is 12.6. The fourth-order valence-electron chi connectivity index (χ4n) is 2.82. The summed E-state index contributed by atoms with van der Waals surface area (Å²) in [7, 11) is 0. The SMILES string of the molecule is CCOc1cc(/C=C(\C#N)C(=O)Nc2c(C)cc(C)cc2C)cc(Cl)c1O. The topological polar surface area (TPSA) is 82.3 Å². The highest BCUT2D eigenvalue weighted by molar-refractivity contribution is 6.32. The lowest BCUT2D eigenvalue weighted by atomic mass is 10.0. The predicted octanol–water partition coefficient (Wildman–Crippen LogP) is 4.92. The van der Waals surface area contributed by atoms with Gasteiger partial charge in [0.15, 0.2) is 11.5 Å². The number of aryl methyl sites for hydroxylation is 3. The Kier molecular flexibility index (Phi) is 6.49. The lowest BCUT2D eigenvalue weighted by Gasteiger charge is -2.12. The van der Waals surface area contributed by atoms with E-state index < -0.39 is 5.91 Å². The first-order chi connectivity index (χ1) is 12.8. The first-order valence-electron chi connectivity index (χ1n) is 8.43. The first kappa shape index (κ1) is 20.3. The molecule has 2 aromatic carbocycles. The molecule has 0 saturated carbocycles. The highest BCUT2D eigenvalue weighted by Crippen LogP contribution is 2.36. The number of phenolic OH excluding ortho intramolecular Hbond substituents is 1. The molecule has 0 bridgehead atoms. The van der Waals surface area contributed by atoms with Gasteiger partial charge in [0.25, 0.3) is 5.91 Å². The molecule has 0 aliphatic heterocycles. The highest BCUT2D eigenvalue weighted by atomic mass is 35.5. The molecule has 0 radical (unpaired) electrons. The monoisotopic (exact) mass is 384 g/mol. The third-order valence-corrected chi connectivity index (χ3v) is 4.23. The van der Waals surface area contributed by atoms with Crippen molar-refractivity contribution in [2.45, 2.75) is 27.7 Å². The number of carbonyl (C=O) groups excluding carboxylic acids is 1. The number of amides is 1. The van der Waals surface area contributed by atoms with E-state index in [0.717, 1.165) is 16.7 Å². The summed E-state index contributed by atoms with van der Waals surface area (Å²) in [5, 5.41) is 22.2. The van der Waals surface area contributed by atoms with Gasteiger partial charge >= 0.3 is 0 Å². The average Bonchev–Trinajstić information content (AvgIpc) is 2.60. The number of nitriles is 1. The van der Waals surface area contributed by atoms with Gasteiger partial charge in [0.2, 0.25) is 0 Å². The van der Waals surface area contributed by atoms with Gasteiger partial charge < -0.3 is 15.2 Å². The van der Waals surface area contributed by atoms with Crippen molar-refractivity contribution in [1.29, 1.82) is 5.26 Å². The highest BCUT2D eigenvalue weighted by Gasteiger charge is 2.15. The Morgan fingerprint density at radius 2 is 1.89 bits per heavy atom. The summed E-state index contributed by atoms with van der Waals surface area (Å²) < 4.78 is 5.32. The smallest absolute Gasteiger partial charge is 0.266 e. The lowest BCUT2D eigenvalue weighted by molar-refractivity contribution is -0.112. The van der Waals surface area contributed by atoms with Gasteiger partial charge in [0.05, 0.1) is 11.6 Å². The van der Waals surface area contributed by atoms with Crippen LogP contribution in [0.3, 0.4) is 0 Å². The number of ether oxygens (including phenoxy) is 1. The van der Waals surface area contributed by atoms with Gasteiger partial charge in [-0.25, -0.2) is 0 Å². The number of anilines is 1. The second-order valence-electron chi connectivity index (χ2n) is 6.18. The lowest BCUT2D eigenvalue weighted by Crippen LogP contribution is -2.15. The van der Waals surface area contributed by atoms with Crippen LogP contribution in [0.5, 0.6) is 11.5 Å². The molecule has 0 aliphatic rings. The molecule has 0 heterocycles. The van der Waals surface area contributed by atoms with Crippen molar-refractivity contribution in [2.75, 3.05) is 11.9 Å². The molecular formula is C21H21ClN2O3. The maximum absolute atomic E-state index is 12.6. The molecule has 0 atom stereocenters. The number of nitrogens with one attached hydrogen (secondary N) is 1. The number of nitrogens with zero attached hydrogens (tertiary/aromatic N) is 1. The summed E-state index contributed by atoms with van der Waals surface area (Å²) in [4.78, 5) is 12.6. The van der Waals surface area contributed by atoms with Gasteiger partial charge in [-0.1, -0.05) is 29.3 Å². The van der Waals surface area contributed by atoms with E-state index in [1.54, 1.807) is 6.92 Å². The van der Waals surface area contributed by atoms with Crippen molar-refractivity contribution in [3.63, 3.8) is 0 Å². The number of hydrogen-bond donors (Lipinski definition) is 2. The Morgan fingerprint density at radius 1 is 1.26 bits per heavy atom. The molecule has 6 heteroatoms. The van der Waals surface area contributed by atoms with Gasteiger partial charge in [-0.3, -0.25) is 4.79 Å². The normalized spacial score (nSPS) is 11.0. The fraction of sp³-hybridized carbons (Fsp3) is 0.238. The van der Waals surface area contributed by atoms with Crippen molar-refractivity contribution in [3.05, 3.63) is 57.1 Å². The molecule has 27 heavy (non-hydrogen) atoms.